The highest BCUT2D eigenvalue weighted by Gasteiger charge is 2.38. The van der Waals surface area contributed by atoms with Crippen LogP contribution in [0.3, 0.4) is 0 Å². The molecule has 0 amide bonds. The maximum Gasteiger partial charge on any atom is 0.346 e. The van der Waals surface area contributed by atoms with E-state index in [9.17, 15) is 14.7 Å². The number of cyclic esters (lactones) is 1. The molecule has 1 N–H and O–H groups in total. The average molecular weight is 246 g/mol. The van der Waals surface area contributed by atoms with E-state index in [-0.39, 0.29) is 23.5 Å². The van der Waals surface area contributed by atoms with Gasteiger partial charge in [0.2, 0.25) is 0 Å². The molecule has 1 heterocycles. The van der Waals surface area contributed by atoms with Crippen molar-refractivity contribution in [3.8, 4) is 0 Å². The van der Waals surface area contributed by atoms with Gasteiger partial charge in [-0.3, -0.25) is 4.79 Å². The molecule has 0 spiro atoms. The Bertz CT molecular complexity index is 502. The van der Waals surface area contributed by atoms with Crippen LogP contribution in [0.1, 0.15) is 31.4 Å². The fraction of sp³-hybridized carbons (Fsp3) is 0.286. The van der Waals surface area contributed by atoms with Gasteiger partial charge in [0.05, 0.1) is 0 Å². The number of hydrogen-bond acceptors (Lipinski definition) is 4. The van der Waals surface area contributed by atoms with E-state index in [0.29, 0.717) is 12.0 Å². The third-order valence-electron chi connectivity index (χ3n) is 2.79. The summed E-state index contributed by atoms with van der Waals surface area (Å²) in [5.74, 6) is -1.37. The van der Waals surface area contributed by atoms with Crippen molar-refractivity contribution in [2.75, 3.05) is 0 Å². The zero-order valence-corrected chi connectivity index (χ0v) is 10.1. The van der Waals surface area contributed by atoms with Gasteiger partial charge in [0, 0.05) is 12.0 Å². The Labute approximate surface area is 105 Å². The molecule has 0 saturated heterocycles. The molecule has 94 valence electrons. The number of hydrogen-bond donors (Lipinski definition) is 1. The molecule has 4 nitrogen and oxygen atoms in total. The first kappa shape index (κ1) is 12.4. The number of carbonyl (C=O) groups excluding carboxylic acids is 2. The minimum absolute atomic E-state index is 0.203. The summed E-state index contributed by atoms with van der Waals surface area (Å²) >= 11 is 0. The fourth-order valence-corrected chi connectivity index (χ4v) is 1.92. The monoisotopic (exact) mass is 246 g/mol. The van der Waals surface area contributed by atoms with E-state index in [4.69, 9.17) is 4.74 Å². The molecule has 1 aromatic carbocycles. The molecule has 0 unspecified atom stereocenters. The molecule has 0 saturated carbocycles. The topological polar surface area (TPSA) is 63.6 Å². The number of rotatable bonds is 4. The summed E-state index contributed by atoms with van der Waals surface area (Å²) < 4.78 is 5.06. The van der Waals surface area contributed by atoms with E-state index in [1.807, 2.05) is 13.0 Å². The lowest BCUT2D eigenvalue weighted by Gasteiger charge is -2.09. The van der Waals surface area contributed by atoms with E-state index in [1.165, 1.54) is 0 Å². The van der Waals surface area contributed by atoms with Crippen molar-refractivity contribution >= 4 is 11.8 Å². The van der Waals surface area contributed by atoms with Crippen LogP contribution in [0, 0.1) is 0 Å². The minimum atomic E-state index is -0.852. The van der Waals surface area contributed by atoms with Crippen molar-refractivity contribution in [1.82, 2.24) is 0 Å². The highest BCUT2D eigenvalue weighted by molar-refractivity contribution is 6.19. The number of Topliss-reactive ketones (excluding diaryl/α,β-unsaturated/α-hetero) is 1. The standard InChI is InChI=1S/C14H14O4/c1-2-6-10(15)11-12(16)13(18-14(11)17)9-7-4-3-5-8-9/h3-5,7-8,13,16H,2,6H2,1H3/t13-/m0/s1. The van der Waals surface area contributed by atoms with E-state index in [2.05, 4.69) is 0 Å². The predicted molar refractivity (Wildman–Crippen MR) is 64.8 cm³/mol. The summed E-state index contributed by atoms with van der Waals surface area (Å²) in [4.78, 5) is 23.3. The molecule has 1 atom stereocenters. The molecule has 1 aromatic rings. The van der Waals surface area contributed by atoms with E-state index in [1.54, 1.807) is 24.3 Å². The number of ether oxygens (including phenoxy) is 1. The van der Waals surface area contributed by atoms with Gasteiger partial charge in [0.1, 0.15) is 5.57 Å². The Morgan fingerprint density at radius 3 is 2.61 bits per heavy atom. The van der Waals surface area contributed by atoms with E-state index in [0.717, 1.165) is 0 Å². The highest BCUT2D eigenvalue weighted by Crippen LogP contribution is 2.34. The number of esters is 1. The number of benzene rings is 1. The van der Waals surface area contributed by atoms with Crippen LogP contribution in [-0.4, -0.2) is 16.9 Å². The molecular weight excluding hydrogens is 232 g/mol. The second-order valence-corrected chi connectivity index (χ2v) is 4.13. The summed E-state index contributed by atoms with van der Waals surface area (Å²) in [7, 11) is 0. The van der Waals surface area contributed by atoms with Crippen molar-refractivity contribution < 1.29 is 19.4 Å². The number of aliphatic hydroxyl groups excluding tert-OH is 1. The first-order valence-corrected chi connectivity index (χ1v) is 5.87. The van der Waals surface area contributed by atoms with Gasteiger partial charge in [-0.1, -0.05) is 37.3 Å². The fourth-order valence-electron chi connectivity index (χ4n) is 1.92. The molecule has 0 aliphatic carbocycles. The SMILES string of the molecule is CCCC(=O)C1=C(O)[C@H](c2ccccc2)OC1=O. The third kappa shape index (κ3) is 2.14. The van der Waals surface area contributed by atoms with Gasteiger partial charge in [0.25, 0.3) is 0 Å². The van der Waals surface area contributed by atoms with Crippen molar-refractivity contribution in [1.29, 1.82) is 0 Å². The van der Waals surface area contributed by atoms with E-state index >= 15 is 0 Å². The lowest BCUT2D eigenvalue weighted by Crippen LogP contribution is -2.10. The maximum absolute atomic E-state index is 11.7. The van der Waals surface area contributed by atoms with Gasteiger partial charge in [-0.15, -0.1) is 0 Å². The van der Waals surface area contributed by atoms with Crippen LogP contribution in [0.15, 0.2) is 41.7 Å². The molecule has 0 radical (unpaired) electrons. The second-order valence-electron chi connectivity index (χ2n) is 4.13. The molecule has 2 rings (SSSR count). The van der Waals surface area contributed by atoms with Gasteiger partial charge >= 0.3 is 5.97 Å². The molecule has 0 bridgehead atoms. The summed E-state index contributed by atoms with van der Waals surface area (Å²) in [5, 5.41) is 9.98. The minimum Gasteiger partial charge on any atom is -0.507 e. The van der Waals surface area contributed by atoms with Crippen LogP contribution in [0.25, 0.3) is 0 Å². The van der Waals surface area contributed by atoms with Crippen LogP contribution in [0.4, 0.5) is 0 Å². The van der Waals surface area contributed by atoms with Gasteiger partial charge in [-0.2, -0.15) is 0 Å². The first-order valence-electron chi connectivity index (χ1n) is 5.87. The third-order valence-corrected chi connectivity index (χ3v) is 2.79. The Kier molecular flexibility index (Phi) is 3.46. The first-order chi connectivity index (χ1) is 8.65. The van der Waals surface area contributed by atoms with Crippen molar-refractivity contribution in [2.45, 2.75) is 25.9 Å². The average Bonchev–Trinajstić information content (AvgIpc) is 2.66. The zero-order valence-electron chi connectivity index (χ0n) is 10.1. The van der Waals surface area contributed by atoms with Gasteiger partial charge in [-0.25, -0.2) is 4.79 Å². The second kappa shape index (κ2) is 5.04. The van der Waals surface area contributed by atoms with Crippen LogP contribution < -0.4 is 0 Å². The van der Waals surface area contributed by atoms with Crippen LogP contribution in [-0.2, 0) is 14.3 Å². The Hall–Kier alpha value is -2.10. The molecule has 1 aliphatic heterocycles. The van der Waals surface area contributed by atoms with Crippen molar-refractivity contribution in [2.24, 2.45) is 0 Å². The predicted octanol–water partition coefficient (Wildman–Crippen LogP) is 2.47. The van der Waals surface area contributed by atoms with Crippen LogP contribution in [0.2, 0.25) is 0 Å². The van der Waals surface area contributed by atoms with Gasteiger partial charge in [0.15, 0.2) is 17.6 Å². The quantitative estimate of drug-likeness (QED) is 0.654. The Morgan fingerprint density at radius 2 is 2.00 bits per heavy atom. The molecule has 18 heavy (non-hydrogen) atoms. The summed E-state index contributed by atoms with van der Waals surface area (Å²) in [5.41, 5.74) is 0.452. The lowest BCUT2D eigenvalue weighted by molar-refractivity contribution is -0.141. The Balaban J connectivity index is 2.33. The maximum atomic E-state index is 11.7. The summed E-state index contributed by atoms with van der Waals surface area (Å²) in [6.07, 6.45) is 0.00374. The van der Waals surface area contributed by atoms with E-state index < -0.39 is 12.1 Å². The normalized spacial score (nSPS) is 18.9. The molecule has 1 aliphatic rings. The van der Waals surface area contributed by atoms with Crippen molar-refractivity contribution in [3.63, 3.8) is 0 Å². The zero-order chi connectivity index (χ0) is 13.1. The Morgan fingerprint density at radius 1 is 1.33 bits per heavy atom. The largest absolute Gasteiger partial charge is 0.507 e. The van der Waals surface area contributed by atoms with Crippen LogP contribution >= 0.6 is 0 Å². The van der Waals surface area contributed by atoms with Crippen LogP contribution in [0.5, 0.6) is 0 Å². The molecule has 4 heteroatoms. The highest BCUT2D eigenvalue weighted by atomic mass is 16.6. The van der Waals surface area contributed by atoms with Gasteiger partial charge < -0.3 is 9.84 Å². The number of carbonyl (C=O) groups is 2. The van der Waals surface area contributed by atoms with Gasteiger partial charge in [-0.05, 0) is 6.42 Å². The number of aliphatic hydroxyl groups is 1. The molecular formula is C14H14O4. The molecule has 0 fully saturated rings. The smallest absolute Gasteiger partial charge is 0.346 e. The lowest BCUT2D eigenvalue weighted by atomic mass is 10.0. The number of ketones is 1. The summed E-state index contributed by atoms with van der Waals surface area (Å²) in [6.45, 7) is 1.84. The summed E-state index contributed by atoms with van der Waals surface area (Å²) in [6, 6.07) is 8.86. The molecule has 0 aromatic heterocycles. The van der Waals surface area contributed by atoms with Crippen molar-refractivity contribution in [3.05, 3.63) is 47.2 Å².